The van der Waals surface area contributed by atoms with Crippen LogP contribution in [0.1, 0.15) is 48.3 Å². The van der Waals surface area contributed by atoms with E-state index in [1.165, 1.54) is 30.4 Å². The van der Waals surface area contributed by atoms with Crippen LogP contribution in [0.15, 0.2) is 70.9 Å². The lowest BCUT2D eigenvalue weighted by Gasteiger charge is -2.25. The lowest BCUT2D eigenvalue weighted by atomic mass is 9.93. The molecule has 6 nitrogen and oxygen atoms in total. The smallest absolute Gasteiger partial charge is 0.296 e. The van der Waals surface area contributed by atoms with Gasteiger partial charge in [-0.1, -0.05) is 38.1 Å². The Hall–Kier alpha value is -3.87. The van der Waals surface area contributed by atoms with Crippen LogP contribution in [-0.4, -0.2) is 28.8 Å². The molecule has 0 bridgehead atoms. The molecule has 1 unspecified atom stereocenters. The summed E-state index contributed by atoms with van der Waals surface area (Å²) >= 11 is 0. The van der Waals surface area contributed by atoms with Crippen molar-refractivity contribution in [3.8, 4) is 5.75 Å². The third-order valence-corrected chi connectivity index (χ3v) is 5.78. The van der Waals surface area contributed by atoms with Crippen LogP contribution in [-0.2, 0) is 16.1 Å². The van der Waals surface area contributed by atoms with E-state index in [9.17, 15) is 19.1 Å². The number of hydrogen-bond donors (Lipinski definition) is 1. The van der Waals surface area contributed by atoms with Gasteiger partial charge in [0, 0.05) is 0 Å². The van der Waals surface area contributed by atoms with Gasteiger partial charge in [-0.25, -0.2) is 4.39 Å². The van der Waals surface area contributed by atoms with E-state index in [2.05, 4.69) is 13.8 Å². The number of furan rings is 1. The van der Waals surface area contributed by atoms with Crippen molar-refractivity contribution in [1.82, 2.24) is 4.90 Å². The van der Waals surface area contributed by atoms with Crippen LogP contribution < -0.4 is 4.74 Å². The van der Waals surface area contributed by atoms with Gasteiger partial charge in [-0.2, -0.15) is 0 Å². The molecule has 2 heterocycles. The quantitative estimate of drug-likeness (QED) is 0.319. The van der Waals surface area contributed by atoms with Crippen molar-refractivity contribution in [2.45, 2.75) is 32.4 Å². The first kappa shape index (κ1) is 22.3. The van der Waals surface area contributed by atoms with Gasteiger partial charge in [0.1, 0.15) is 23.1 Å². The van der Waals surface area contributed by atoms with Gasteiger partial charge in [0.15, 0.2) is 0 Å². The molecule has 1 aromatic heterocycles. The second-order valence-electron chi connectivity index (χ2n) is 8.17. The molecule has 1 saturated heterocycles. The molecule has 0 spiro atoms. The number of ether oxygens (including phenoxy) is 1. The van der Waals surface area contributed by atoms with E-state index < -0.39 is 29.3 Å². The van der Waals surface area contributed by atoms with Crippen molar-refractivity contribution in [1.29, 1.82) is 0 Å². The van der Waals surface area contributed by atoms with Gasteiger partial charge in [0.25, 0.3) is 11.7 Å². The van der Waals surface area contributed by atoms with Crippen LogP contribution in [0.5, 0.6) is 5.75 Å². The number of rotatable bonds is 6. The highest BCUT2D eigenvalue weighted by Crippen LogP contribution is 2.42. The minimum atomic E-state index is -0.885. The first-order valence-electron chi connectivity index (χ1n) is 10.6. The summed E-state index contributed by atoms with van der Waals surface area (Å²) in [6.45, 7) is 4.16. The molecule has 3 aromatic rings. The maximum atomic E-state index is 14.0. The van der Waals surface area contributed by atoms with Gasteiger partial charge >= 0.3 is 0 Å². The van der Waals surface area contributed by atoms with Crippen LogP contribution >= 0.6 is 0 Å². The number of ketones is 1. The SMILES string of the molecule is COc1ccc(F)cc1/C(O)=C1\C(=O)C(=O)N(Cc2ccco2)C1c1ccc(C(C)C)cc1. The summed E-state index contributed by atoms with van der Waals surface area (Å²) < 4.78 is 24.7. The van der Waals surface area contributed by atoms with Crippen LogP contribution in [0.3, 0.4) is 0 Å². The van der Waals surface area contributed by atoms with Crippen LogP contribution in [0, 0.1) is 5.82 Å². The fourth-order valence-corrected chi connectivity index (χ4v) is 4.03. The molecule has 1 atom stereocenters. The number of halogens is 1. The first-order chi connectivity index (χ1) is 15.8. The van der Waals surface area contributed by atoms with Gasteiger partial charge in [-0.3, -0.25) is 9.59 Å². The number of methoxy groups -OCH3 is 1. The van der Waals surface area contributed by atoms with Crippen LogP contribution in [0.25, 0.3) is 5.76 Å². The Balaban J connectivity index is 1.90. The van der Waals surface area contributed by atoms with Gasteiger partial charge in [0.05, 0.1) is 37.1 Å². The molecule has 1 fully saturated rings. The predicted octanol–water partition coefficient (Wildman–Crippen LogP) is 5.17. The van der Waals surface area contributed by atoms with Crippen molar-refractivity contribution in [3.63, 3.8) is 0 Å². The van der Waals surface area contributed by atoms with Crippen LogP contribution in [0.2, 0.25) is 0 Å². The average Bonchev–Trinajstić information content (AvgIpc) is 3.41. The molecule has 7 heteroatoms. The van der Waals surface area contributed by atoms with Crippen molar-refractivity contribution >= 4 is 17.4 Å². The van der Waals surface area contributed by atoms with Gasteiger partial charge in [-0.15, -0.1) is 0 Å². The van der Waals surface area contributed by atoms with Crippen molar-refractivity contribution in [2.75, 3.05) is 7.11 Å². The second-order valence-corrected chi connectivity index (χ2v) is 8.17. The molecule has 4 rings (SSSR count). The Kier molecular flexibility index (Phi) is 6.05. The summed E-state index contributed by atoms with van der Waals surface area (Å²) in [7, 11) is 1.38. The maximum absolute atomic E-state index is 14.0. The molecule has 2 aromatic carbocycles. The number of likely N-dealkylation sites (tertiary alicyclic amines) is 1. The molecule has 33 heavy (non-hydrogen) atoms. The molecular weight excluding hydrogens is 425 g/mol. The number of benzene rings is 2. The van der Waals surface area contributed by atoms with Crippen LogP contribution in [0.4, 0.5) is 4.39 Å². The van der Waals surface area contributed by atoms with E-state index in [0.717, 1.165) is 11.6 Å². The first-order valence-corrected chi connectivity index (χ1v) is 10.6. The highest BCUT2D eigenvalue weighted by molar-refractivity contribution is 6.46. The van der Waals surface area contributed by atoms with Gasteiger partial charge in [0.2, 0.25) is 0 Å². The number of hydrogen-bond acceptors (Lipinski definition) is 5. The van der Waals surface area contributed by atoms with Gasteiger partial charge in [-0.05, 0) is 47.4 Å². The fraction of sp³-hybridized carbons (Fsp3) is 0.231. The average molecular weight is 449 g/mol. The number of aliphatic hydroxyl groups is 1. The predicted molar refractivity (Wildman–Crippen MR) is 120 cm³/mol. The summed E-state index contributed by atoms with van der Waals surface area (Å²) in [5, 5.41) is 11.2. The number of carbonyl (C=O) groups excluding carboxylic acids is 2. The molecule has 0 aliphatic carbocycles. The lowest BCUT2D eigenvalue weighted by Crippen LogP contribution is -2.29. The molecule has 170 valence electrons. The summed E-state index contributed by atoms with van der Waals surface area (Å²) in [6, 6.07) is 13.6. The molecular formula is C26H24FNO5. The lowest BCUT2D eigenvalue weighted by molar-refractivity contribution is -0.140. The normalized spacial score (nSPS) is 17.7. The van der Waals surface area contributed by atoms with Crippen molar-refractivity contribution in [2.24, 2.45) is 0 Å². The largest absolute Gasteiger partial charge is 0.507 e. The van der Waals surface area contributed by atoms with E-state index >= 15 is 0 Å². The van der Waals surface area contributed by atoms with E-state index in [1.54, 1.807) is 12.1 Å². The van der Waals surface area contributed by atoms with E-state index in [-0.39, 0.29) is 23.4 Å². The topological polar surface area (TPSA) is 80.0 Å². The number of nitrogens with zero attached hydrogens (tertiary/aromatic N) is 1. The van der Waals surface area contributed by atoms with Crippen molar-refractivity contribution in [3.05, 3.63) is 94.7 Å². The molecule has 1 N–H and O–H groups in total. The highest BCUT2D eigenvalue weighted by atomic mass is 19.1. The zero-order chi connectivity index (χ0) is 23.7. The van der Waals surface area contributed by atoms with E-state index in [1.807, 2.05) is 24.3 Å². The molecule has 0 radical (unpaired) electrons. The van der Waals surface area contributed by atoms with E-state index in [4.69, 9.17) is 9.15 Å². The van der Waals surface area contributed by atoms with Crippen molar-refractivity contribution < 1.29 is 28.2 Å². The maximum Gasteiger partial charge on any atom is 0.296 e. The fourth-order valence-electron chi connectivity index (χ4n) is 4.03. The Labute approximate surface area is 190 Å². The van der Waals surface area contributed by atoms with E-state index in [0.29, 0.717) is 17.2 Å². The zero-order valence-corrected chi connectivity index (χ0v) is 18.5. The Bertz CT molecular complexity index is 1210. The summed E-state index contributed by atoms with van der Waals surface area (Å²) in [4.78, 5) is 27.5. The Morgan fingerprint density at radius 1 is 1.15 bits per heavy atom. The number of carbonyl (C=O) groups is 2. The second kappa shape index (κ2) is 8.94. The minimum Gasteiger partial charge on any atom is -0.507 e. The highest BCUT2D eigenvalue weighted by Gasteiger charge is 2.46. The standard InChI is InChI=1S/C26H24FNO5/c1-15(2)16-6-8-17(9-7-16)23-22(24(29)20-13-18(27)10-11-21(20)32-3)25(30)26(31)28(23)14-19-5-4-12-33-19/h4-13,15,23,29H,14H2,1-3H3/b24-22+. The van der Waals surface area contributed by atoms with Gasteiger partial charge < -0.3 is 19.2 Å². The number of Topliss-reactive ketones (excluding diaryl/α,β-unsaturated/α-hetero) is 1. The Morgan fingerprint density at radius 2 is 1.88 bits per heavy atom. The minimum absolute atomic E-state index is 0.00250. The number of aliphatic hydroxyl groups excluding tert-OH is 1. The monoisotopic (exact) mass is 449 g/mol. The summed E-state index contributed by atoms with van der Waals surface area (Å²) in [6.07, 6.45) is 1.48. The molecule has 1 aliphatic rings. The third-order valence-electron chi connectivity index (χ3n) is 5.78. The molecule has 1 amide bonds. The Morgan fingerprint density at radius 3 is 2.48 bits per heavy atom. The summed E-state index contributed by atoms with van der Waals surface area (Å²) in [5.41, 5.74) is 1.60. The molecule has 0 saturated carbocycles. The molecule has 1 aliphatic heterocycles. The third kappa shape index (κ3) is 4.14. The zero-order valence-electron chi connectivity index (χ0n) is 18.5. The number of amides is 1. The summed E-state index contributed by atoms with van der Waals surface area (Å²) in [5.74, 6) is -1.77.